The number of carbonyl (C=O) groups excluding carboxylic acids is 1. The largest absolute Gasteiger partial charge is 0.501 e. The molecular weight excluding hydrogens is 370 g/mol. The summed E-state index contributed by atoms with van der Waals surface area (Å²) in [5.74, 6) is -0.255. The van der Waals surface area contributed by atoms with E-state index in [9.17, 15) is 14.7 Å². The lowest BCUT2D eigenvalue weighted by atomic mass is 9.70. The zero-order chi connectivity index (χ0) is 21.2. The zero-order valence-electron chi connectivity index (χ0n) is 18.0. The Balaban J connectivity index is 2.13. The molecule has 0 saturated carbocycles. The predicted molar refractivity (Wildman–Crippen MR) is 111 cm³/mol. The predicted octanol–water partition coefficient (Wildman–Crippen LogP) is 2.90. The van der Waals surface area contributed by atoms with Gasteiger partial charge in [-0.3, -0.25) is 9.59 Å². The Bertz CT molecular complexity index is 860. The first kappa shape index (κ1) is 21.6. The van der Waals surface area contributed by atoms with E-state index in [4.69, 9.17) is 4.74 Å². The molecule has 3 rings (SSSR count). The number of ether oxygens (including phenoxy) is 1. The first-order valence-electron chi connectivity index (χ1n) is 10.8. The zero-order valence-corrected chi connectivity index (χ0v) is 18.0. The fourth-order valence-electron chi connectivity index (χ4n) is 5.12. The van der Waals surface area contributed by atoms with Crippen molar-refractivity contribution in [2.45, 2.75) is 72.4 Å². The number of allylic oxidation sites excluding steroid dienone is 2. The number of hydrogen-bond acceptors (Lipinski definition) is 5. The number of aromatic nitrogens is 2. The SMILES string of the molecule is C/C=C(\CC)C(CC)(CCC)Cc1nc(=O)c(O)c2n1CC1COCCN1C2=O. The van der Waals surface area contributed by atoms with Gasteiger partial charge < -0.3 is 19.3 Å². The average molecular weight is 404 g/mol. The Labute approximate surface area is 172 Å². The molecular formula is C22H33N3O4. The number of hydrogen-bond donors (Lipinski definition) is 1. The van der Waals surface area contributed by atoms with Crippen molar-refractivity contribution in [3.8, 4) is 5.75 Å². The third kappa shape index (κ3) is 3.72. The molecule has 0 radical (unpaired) electrons. The highest BCUT2D eigenvalue weighted by atomic mass is 16.5. The van der Waals surface area contributed by atoms with Crippen molar-refractivity contribution >= 4 is 5.91 Å². The molecule has 7 heteroatoms. The van der Waals surface area contributed by atoms with Crippen LogP contribution in [0.5, 0.6) is 5.75 Å². The minimum atomic E-state index is -0.716. The van der Waals surface area contributed by atoms with Crippen LogP contribution in [0, 0.1) is 5.41 Å². The number of rotatable bonds is 7. The Hall–Kier alpha value is -2.15. The summed E-state index contributed by atoms with van der Waals surface area (Å²) in [4.78, 5) is 31.5. The van der Waals surface area contributed by atoms with Gasteiger partial charge in [0, 0.05) is 19.5 Å². The fourth-order valence-corrected chi connectivity index (χ4v) is 5.12. The smallest absolute Gasteiger partial charge is 0.315 e. The summed E-state index contributed by atoms with van der Waals surface area (Å²) >= 11 is 0. The Morgan fingerprint density at radius 1 is 1.34 bits per heavy atom. The molecule has 0 aromatic carbocycles. The van der Waals surface area contributed by atoms with Gasteiger partial charge in [-0.2, -0.15) is 4.98 Å². The lowest BCUT2D eigenvalue weighted by molar-refractivity contribution is -0.0147. The van der Waals surface area contributed by atoms with Gasteiger partial charge in [-0.25, -0.2) is 0 Å². The summed E-state index contributed by atoms with van der Waals surface area (Å²) < 4.78 is 7.34. The molecule has 2 atom stereocenters. The third-order valence-electron chi connectivity index (χ3n) is 6.64. The highest BCUT2D eigenvalue weighted by Gasteiger charge is 2.40. The molecule has 160 valence electrons. The van der Waals surface area contributed by atoms with Gasteiger partial charge >= 0.3 is 5.56 Å². The minimum Gasteiger partial charge on any atom is -0.501 e. The van der Waals surface area contributed by atoms with E-state index >= 15 is 0 Å². The normalized spacial score (nSPS) is 21.5. The molecule has 29 heavy (non-hydrogen) atoms. The second kappa shape index (κ2) is 8.69. The molecule has 2 aliphatic heterocycles. The van der Waals surface area contributed by atoms with Crippen LogP contribution in [0.2, 0.25) is 0 Å². The molecule has 0 spiro atoms. The van der Waals surface area contributed by atoms with Gasteiger partial charge in [0.15, 0.2) is 5.69 Å². The molecule has 1 amide bonds. The van der Waals surface area contributed by atoms with Gasteiger partial charge in [0.1, 0.15) is 5.82 Å². The van der Waals surface area contributed by atoms with Gasteiger partial charge in [-0.05, 0) is 31.6 Å². The summed E-state index contributed by atoms with van der Waals surface area (Å²) in [6.07, 6.45) is 6.61. The Morgan fingerprint density at radius 2 is 2.10 bits per heavy atom. The quantitative estimate of drug-likeness (QED) is 0.708. The van der Waals surface area contributed by atoms with Crippen LogP contribution < -0.4 is 5.56 Å². The van der Waals surface area contributed by atoms with Crippen LogP contribution in [0.25, 0.3) is 0 Å². The molecule has 0 aliphatic carbocycles. The molecule has 1 aromatic rings. The monoisotopic (exact) mass is 403 g/mol. The van der Waals surface area contributed by atoms with Gasteiger partial charge in [0.25, 0.3) is 5.91 Å². The fraction of sp³-hybridized carbons (Fsp3) is 0.682. The Kier molecular flexibility index (Phi) is 6.46. The van der Waals surface area contributed by atoms with Crippen molar-refractivity contribution in [3.63, 3.8) is 0 Å². The highest BCUT2D eigenvalue weighted by molar-refractivity contribution is 5.96. The second-order valence-corrected chi connectivity index (χ2v) is 8.10. The van der Waals surface area contributed by atoms with Crippen LogP contribution in [0.3, 0.4) is 0 Å². The van der Waals surface area contributed by atoms with E-state index in [1.165, 1.54) is 5.57 Å². The second-order valence-electron chi connectivity index (χ2n) is 8.10. The number of nitrogens with zero attached hydrogens (tertiary/aromatic N) is 3. The first-order valence-corrected chi connectivity index (χ1v) is 10.8. The van der Waals surface area contributed by atoms with Crippen molar-refractivity contribution < 1.29 is 14.6 Å². The number of amides is 1. The maximum absolute atomic E-state index is 13.1. The third-order valence-corrected chi connectivity index (χ3v) is 6.64. The van der Waals surface area contributed by atoms with Crippen molar-refractivity contribution in [3.05, 3.63) is 33.5 Å². The first-order chi connectivity index (χ1) is 13.9. The molecule has 2 aliphatic rings. The maximum atomic E-state index is 13.1. The summed E-state index contributed by atoms with van der Waals surface area (Å²) in [7, 11) is 0. The van der Waals surface area contributed by atoms with E-state index in [1.807, 2.05) is 0 Å². The summed E-state index contributed by atoms with van der Waals surface area (Å²) in [5, 5.41) is 10.4. The van der Waals surface area contributed by atoms with E-state index in [1.54, 1.807) is 9.47 Å². The maximum Gasteiger partial charge on any atom is 0.315 e. The molecule has 1 N–H and O–H groups in total. The standard InChI is InChI=1S/C22H33N3O4/c1-5-9-22(8-4,15(6-2)7-3)12-17-23-20(27)19(26)18-21(28)24-10-11-29-14-16(24)13-25(17)18/h6,16,26H,5,7-14H2,1-4H3/b15-6+. The Morgan fingerprint density at radius 3 is 2.72 bits per heavy atom. The van der Waals surface area contributed by atoms with E-state index < -0.39 is 11.3 Å². The van der Waals surface area contributed by atoms with E-state index in [0.29, 0.717) is 38.5 Å². The number of aromatic hydroxyl groups is 1. The van der Waals surface area contributed by atoms with Crippen molar-refractivity contribution in [1.82, 2.24) is 14.5 Å². The molecule has 0 bridgehead atoms. The van der Waals surface area contributed by atoms with Crippen molar-refractivity contribution in [2.24, 2.45) is 5.41 Å². The van der Waals surface area contributed by atoms with Gasteiger partial charge in [-0.1, -0.05) is 38.8 Å². The van der Waals surface area contributed by atoms with Crippen LogP contribution in [-0.4, -0.2) is 51.3 Å². The topological polar surface area (TPSA) is 84.7 Å². The molecule has 2 unspecified atom stereocenters. The van der Waals surface area contributed by atoms with E-state index in [-0.39, 0.29) is 23.1 Å². The molecule has 3 heterocycles. The number of carbonyl (C=O) groups is 1. The highest BCUT2D eigenvalue weighted by Crippen LogP contribution is 2.41. The average Bonchev–Trinajstić information content (AvgIpc) is 2.72. The summed E-state index contributed by atoms with van der Waals surface area (Å²) in [6.45, 7) is 10.4. The van der Waals surface area contributed by atoms with Crippen LogP contribution in [0.1, 0.15) is 69.7 Å². The van der Waals surface area contributed by atoms with Crippen LogP contribution >= 0.6 is 0 Å². The number of morpholine rings is 1. The van der Waals surface area contributed by atoms with Gasteiger partial charge in [-0.15, -0.1) is 0 Å². The lowest BCUT2D eigenvalue weighted by Gasteiger charge is -2.42. The van der Waals surface area contributed by atoms with Gasteiger partial charge in [0.2, 0.25) is 5.75 Å². The van der Waals surface area contributed by atoms with Crippen LogP contribution in [0.4, 0.5) is 0 Å². The van der Waals surface area contributed by atoms with Crippen LogP contribution in [0.15, 0.2) is 16.4 Å². The molecule has 1 fully saturated rings. The molecule has 1 aromatic heterocycles. The van der Waals surface area contributed by atoms with Crippen molar-refractivity contribution in [2.75, 3.05) is 19.8 Å². The van der Waals surface area contributed by atoms with Gasteiger partial charge in [0.05, 0.1) is 19.3 Å². The van der Waals surface area contributed by atoms with E-state index in [2.05, 4.69) is 38.8 Å². The molecule has 1 saturated heterocycles. The number of fused-ring (bicyclic) bond motifs is 2. The van der Waals surface area contributed by atoms with E-state index in [0.717, 1.165) is 25.7 Å². The minimum absolute atomic E-state index is 0.0816. The molecule has 7 nitrogen and oxygen atoms in total. The summed E-state index contributed by atoms with van der Waals surface area (Å²) in [5.41, 5.74) is 0.603. The summed E-state index contributed by atoms with van der Waals surface area (Å²) in [6, 6.07) is -0.0965. The lowest BCUT2D eigenvalue weighted by Crippen LogP contribution is -2.55. The van der Waals surface area contributed by atoms with Crippen molar-refractivity contribution in [1.29, 1.82) is 0 Å². The van der Waals surface area contributed by atoms with Crippen LogP contribution in [-0.2, 0) is 17.7 Å².